The Morgan fingerprint density at radius 1 is 0.679 bits per heavy atom. The predicted octanol–water partition coefficient (Wildman–Crippen LogP) is 0.673. The molecule has 0 aliphatic heterocycles. The van der Waals surface area contributed by atoms with Gasteiger partial charge in [0, 0.05) is 54.2 Å². The average molecular weight is 854 g/mol. The molecule has 20 nitrogen and oxygen atoms in total. The number of hydrogen-bond donors (Lipinski definition) is 11. The van der Waals surface area contributed by atoms with E-state index in [1.807, 2.05) is 20.8 Å². The van der Waals surface area contributed by atoms with Gasteiger partial charge in [0.15, 0.2) is 11.6 Å². The van der Waals surface area contributed by atoms with Crippen molar-refractivity contribution in [1.29, 1.82) is 0 Å². The smallest absolute Gasteiger partial charge is 0.408 e. The summed E-state index contributed by atoms with van der Waals surface area (Å²) in [5, 5.41) is 46.3. The van der Waals surface area contributed by atoms with E-state index in [1.54, 1.807) is 20.8 Å². The topological polar surface area (TPSA) is 330 Å². The Balaban J connectivity index is -0.000000929. The largest absolute Gasteiger partial charge is 0.481 e. The Morgan fingerprint density at radius 2 is 1.13 bits per heavy atom. The molecule has 0 fully saturated rings. The zero-order valence-electron chi connectivity index (χ0n) is 30.1. The number of urea groups is 2. The van der Waals surface area contributed by atoms with Crippen LogP contribution in [-0.4, -0.2) is 133 Å². The van der Waals surface area contributed by atoms with E-state index in [0.717, 1.165) is 0 Å². The van der Waals surface area contributed by atoms with Crippen molar-refractivity contribution in [2.24, 2.45) is 5.73 Å². The molecule has 0 saturated heterocycles. The molecule has 0 aromatic heterocycles. The second kappa shape index (κ2) is 27.2. The number of nitrogens with two attached hydrogens (primary N) is 1. The number of amides is 5. The number of thiol groups is 1. The maximum atomic E-state index is 12.1. The number of Topliss-reactive ketones (excluding diaryl/α,β-unsaturated/α-hetero) is 2. The van der Waals surface area contributed by atoms with Gasteiger partial charge in [-0.25, -0.2) is 19.2 Å². The van der Waals surface area contributed by atoms with Crippen LogP contribution in [-0.2, 0) is 52.1 Å². The van der Waals surface area contributed by atoms with Crippen molar-refractivity contribution < 1.29 is 86.9 Å². The van der Waals surface area contributed by atoms with Gasteiger partial charge in [-0.15, -0.1) is 0 Å². The molecule has 53 heavy (non-hydrogen) atoms. The molecule has 0 aliphatic rings. The van der Waals surface area contributed by atoms with E-state index < -0.39 is 89.9 Å². The first-order valence-electron chi connectivity index (χ1n) is 15.5. The van der Waals surface area contributed by atoms with Crippen molar-refractivity contribution in [3.63, 3.8) is 0 Å². The van der Waals surface area contributed by atoms with Crippen molar-refractivity contribution in [3.8, 4) is 0 Å². The van der Waals surface area contributed by atoms with Gasteiger partial charge in [0.25, 0.3) is 0 Å². The number of aliphatic carboxylic acids is 4. The Hall–Kier alpha value is -3.38. The van der Waals surface area contributed by atoms with E-state index in [9.17, 15) is 43.2 Å². The first-order chi connectivity index (χ1) is 23.8. The molecule has 0 unspecified atom stereocenters. The van der Waals surface area contributed by atoms with Crippen molar-refractivity contribution in [1.82, 2.24) is 26.6 Å². The van der Waals surface area contributed by atoms with Crippen molar-refractivity contribution >= 4 is 87.8 Å². The maximum absolute atomic E-state index is 12.1. The van der Waals surface area contributed by atoms with Crippen LogP contribution in [0.3, 0.4) is 0 Å². The zero-order valence-corrected chi connectivity index (χ0v) is 34.0. The van der Waals surface area contributed by atoms with Gasteiger partial charge in [0.05, 0.1) is 31.5 Å². The zero-order chi connectivity index (χ0) is 40.8. The van der Waals surface area contributed by atoms with Gasteiger partial charge >= 0.3 is 42.0 Å². The molecule has 0 spiro atoms. The number of carbonyl (C=O) groups excluding carboxylic acids is 5. The maximum Gasteiger partial charge on any atom is 0.408 e. The van der Waals surface area contributed by atoms with Gasteiger partial charge in [-0.05, 0) is 20.8 Å². The van der Waals surface area contributed by atoms with Gasteiger partial charge in [-0.2, -0.15) is 12.6 Å². The minimum absolute atomic E-state index is 0. The molecule has 5 amide bonds. The van der Waals surface area contributed by atoms with E-state index >= 15 is 0 Å². The summed E-state index contributed by atoms with van der Waals surface area (Å²) in [6, 6.07) is -6.21. The molecule has 1 radical (unpaired) electrons. The molecular formula is C29H50N6O14S3V. The van der Waals surface area contributed by atoms with Crippen LogP contribution < -0.4 is 32.3 Å². The fourth-order valence-electron chi connectivity index (χ4n) is 3.08. The first kappa shape index (κ1) is 54.0. The summed E-state index contributed by atoms with van der Waals surface area (Å²) in [5.41, 5.74) is 4.46. The van der Waals surface area contributed by atoms with E-state index in [-0.39, 0.29) is 67.0 Å². The summed E-state index contributed by atoms with van der Waals surface area (Å²) in [6.07, 6.45) is -2.14. The molecule has 0 heterocycles. The van der Waals surface area contributed by atoms with E-state index in [2.05, 4.69) is 39.2 Å². The van der Waals surface area contributed by atoms with Gasteiger partial charge in [0.2, 0.25) is 0 Å². The van der Waals surface area contributed by atoms with Crippen LogP contribution in [0, 0.1) is 0 Å². The molecule has 24 heteroatoms. The molecule has 4 atom stereocenters. The molecule has 0 saturated carbocycles. The molecule has 303 valence electrons. The third-order valence-electron chi connectivity index (χ3n) is 5.54. The van der Waals surface area contributed by atoms with Crippen LogP contribution in [0.4, 0.5) is 14.4 Å². The summed E-state index contributed by atoms with van der Waals surface area (Å²) in [5.74, 6) is -5.63. The fraction of sp³-hybridized carbons (Fsp3) is 0.690. The van der Waals surface area contributed by atoms with Crippen LogP contribution in [0.15, 0.2) is 0 Å². The third kappa shape index (κ3) is 30.8. The fourth-order valence-corrected chi connectivity index (χ4v) is 5.88. The number of ether oxygens (including phenoxy) is 1. The van der Waals surface area contributed by atoms with Crippen molar-refractivity contribution in [2.45, 2.75) is 102 Å². The monoisotopic (exact) mass is 853 g/mol. The molecule has 0 aromatic carbocycles. The average Bonchev–Trinajstić information content (AvgIpc) is 3.00. The first-order valence-corrected chi connectivity index (χ1v) is 18.4. The van der Waals surface area contributed by atoms with E-state index in [4.69, 9.17) is 30.9 Å². The van der Waals surface area contributed by atoms with Crippen LogP contribution in [0.5, 0.6) is 0 Å². The normalized spacial score (nSPS) is 13.1. The van der Waals surface area contributed by atoms with Gasteiger partial charge in [-0.1, -0.05) is 42.4 Å². The number of carboxylic acid groups (broad SMARTS) is 4. The quantitative estimate of drug-likeness (QED) is 0.0558. The molecule has 11 N–H and O–H groups in total. The van der Waals surface area contributed by atoms with Gasteiger partial charge < -0.3 is 57.5 Å². The molecule has 0 bridgehead atoms. The second-order valence-corrected chi connectivity index (χ2v) is 16.2. The second-order valence-electron chi connectivity index (χ2n) is 12.7. The third-order valence-corrected chi connectivity index (χ3v) is 9.25. The molecule has 0 aromatic rings. The number of ketones is 2. The van der Waals surface area contributed by atoms with Gasteiger partial charge in [-0.3, -0.25) is 24.0 Å². The Kier molecular flexibility index (Phi) is 27.7. The van der Waals surface area contributed by atoms with Gasteiger partial charge in [0.1, 0.15) is 17.7 Å². The summed E-state index contributed by atoms with van der Waals surface area (Å²) in [6.45, 7) is 10.1. The minimum atomic E-state index is -1.46. The van der Waals surface area contributed by atoms with E-state index in [1.165, 1.54) is 21.6 Å². The van der Waals surface area contributed by atoms with Crippen LogP contribution in [0.25, 0.3) is 0 Å². The van der Waals surface area contributed by atoms with Crippen molar-refractivity contribution in [3.05, 3.63) is 0 Å². The SMILES string of the molecule is CC(C)(C)OC(=O)N[C@@H](CNC(=O)N[C@@H](CS)C(=O)CCC(=O)O)C(=O)O.CC(C)(C)SSC[C@H](NC(=O)NC[C@H](N)C(=O)O)C(=O)CCC(=O)O.[V]. The standard InChI is InChI=1S/C15H25N3O8S.C14H25N3O6S2.V/c1-15(2,3)26-14(25)18-8(12(22)23)6-16-13(24)17-9(7-27)10(19)4-5-11(20)21;1-14(2,3)25-24-7-9(10(18)4-5-11(19)20)17-13(23)16-6-8(15)12(21)22;/h8-9,27H,4-7H2,1-3H3,(H,18,25)(H,20,21)(H,22,23)(H2,16,17,24);8-9H,4-7,15H2,1-3H3,(H,19,20)(H,21,22)(H2,16,17,23);/t2*8-,9-;/m00./s1. The Morgan fingerprint density at radius 3 is 1.53 bits per heavy atom. The number of alkyl carbamates (subject to hydrolysis) is 1. The van der Waals surface area contributed by atoms with Crippen LogP contribution >= 0.6 is 34.2 Å². The van der Waals surface area contributed by atoms with E-state index in [0.29, 0.717) is 0 Å². The number of rotatable bonds is 21. The van der Waals surface area contributed by atoms with Crippen LogP contribution in [0.2, 0.25) is 0 Å². The van der Waals surface area contributed by atoms with Crippen molar-refractivity contribution in [2.75, 3.05) is 24.6 Å². The Labute approximate surface area is 332 Å². The summed E-state index contributed by atoms with van der Waals surface area (Å²) < 4.78 is 4.89. The predicted molar refractivity (Wildman–Crippen MR) is 194 cm³/mol. The number of carboxylic acids is 4. The number of nitrogens with one attached hydrogen (secondary N) is 5. The number of carbonyl (C=O) groups is 9. The molecule has 0 aliphatic carbocycles. The molecule has 0 rings (SSSR count). The summed E-state index contributed by atoms with van der Waals surface area (Å²) >= 11 is 3.92. The Bertz CT molecular complexity index is 1270. The molecular weight excluding hydrogens is 803 g/mol. The summed E-state index contributed by atoms with van der Waals surface area (Å²) in [4.78, 5) is 102. The minimum Gasteiger partial charge on any atom is -0.481 e. The number of hydrogen-bond acceptors (Lipinski definition) is 14. The summed E-state index contributed by atoms with van der Waals surface area (Å²) in [7, 11) is 2.92. The van der Waals surface area contributed by atoms with Crippen LogP contribution in [0.1, 0.15) is 67.2 Å².